The highest BCUT2D eigenvalue weighted by Crippen LogP contribution is 2.39. The second kappa shape index (κ2) is 9.24. The zero-order valence-corrected chi connectivity index (χ0v) is 18.0. The van der Waals surface area contributed by atoms with Crippen LogP contribution in [0.3, 0.4) is 0 Å². The highest BCUT2D eigenvalue weighted by molar-refractivity contribution is 5.91. The molecule has 8 nitrogen and oxygen atoms in total. The molecule has 1 aromatic heterocycles. The standard InChI is InChI=1S/C25H20N4O4/c1-16-7-9-17(10-8-16)15-33-24-22(29(30)31)12-18(13-23(24)32-2)11-19(14-26)25-27-20-5-3-4-6-21(20)28-25/h3-13H,15H2,1-2H3,(H,27,28)/b19-11-. The SMILES string of the molecule is COc1cc(/C=C(/C#N)c2nc3ccccc3[nH]2)cc([N+](=O)[O-])c1OCc1ccc(C)cc1. The fourth-order valence-corrected chi connectivity index (χ4v) is 3.36. The fourth-order valence-electron chi connectivity index (χ4n) is 3.36. The van der Waals surface area contributed by atoms with E-state index in [1.165, 1.54) is 19.3 Å². The number of H-pyrrole nitrogens is 1. The lowest BCUT2D eigenvalue weighted by molar-refractivity contribution is -0.386. The molecular formula is C25H20N4O4. The topological polar surface area (TPSA) is 114 Å². The first-order valence-electron chi connectivity index (χ1n) is 10.1. The number of nitrogens with zero attached hydrogens (tertiary/aromatic N) is 3. The molecule has 0 aliphatic rings. The second-order valence-corrected chi connectivity index (χ2v) is 7.38. The van der Waals surface area contributed by atoms with E-state index >= 15 is 0 Å². The van der Waals surface area contributed by atoms with Gasteiger partial charge in [0.1, 0.15) is 18.5 Å². The number of benzene rings is 3. The van der Waals surface area contributed by atoms with Crippen molar-refractivity contribution >= 4 is 28.4 Å². The maximum atomic E-state index is 11.8. The van der Waals surface area contributed by atoms with Gasteiger partial charge in [-0.3, -0.25) is 10.1 Å². The van der Waals surface area contributed by atoms with Crippen molar-refractivity contribution in [2.24, 2.45) is 0 Å². The second-order valence-electron chi connectivity index (χ2n) is 7.38. The minimum Gasteiger partial charge on any atom is -0.493 e. The molecule has 0 amide bonds. The molecule has 0 aliphatic carbocycles. The van der Waals surface area contributed by atoms with Crippen molar-refractivity contribution in [2.45, 2.75) is 13.5 Å². The molecule has 33 heavy (non-hydrogen) atoms. The van der Waals surface area contributed by atoms with Crippen LogP contribution >= 0.6 is 0 Å². The molecule has 0 spiro atoms. The van der Waals surface area contributed by atoms with E-state index in [1.54, 1.807) is 6.07 Å². The van der Waals surface area contributed by atoms with Gasteiger partial charge in [0.25, 0.3) is 0 Å². The molecule has 0 radical (unpaired) electrons. The van der Waals surface area contributed by atoms with E-state index in [9.17, 15) is 15.4 Å². The van der Waals surface area contributed by atoms with Crippen molar-refractivity contribution in [2.75, 3.05) is 7.11 Å². The Morgan fingerprint density at radius 1 is 1.21 bits per heavy atom. The molecular weight excluding hydrogens is 420 g/mol. The number of allylic oxidation sites excluding steroid dienone is 1. The summed E-state index contributed by atoms with van der Waals surface area (Å²) in [5, 5.41) is 21.5. The van der Waals surface area contributed by atoms with E-state index in [4.69, 9.17) is 9.47 Å². The monoisotopic (exact) mass is 440 g/mol. The van der Waals surface area contributed by atoms with Crippen molar-refractivity contribution in [3.05, 3.63) is 93.3 Å². The average Bonchev–Trinajstić information content (AvgIpc) is 3.26. The first-order chi connectivity index (χ1) is 16.0. The van der Waals surface area contributed by atoms with E-state index < -0.39 is 4.92 Å². The van der Waals surface area contributed by atoms with Crippen LogP contribution < -0.4 is 9.47 Å². The predicted molar refractivity (Wildman–Crippen MR) is 125 cm³/mol. The molecule has 4 rings (SSSR count). The van der Waals surface area contributed by atoms with E-state index in [1.807, 2.05) is 55.5 Å². The number of para-hydroxylation sites is 2. The van der Waals surface area contributed by atoms with Gasteiger partial charge >= 0.3 is 5.69 Å². The molecule has 0 unspecified atom stereocenters. The van der Waals surface area contributed by atoms with Crippen molar-refractivity contribution < 1.29 is 14.4 Å². The largest absolute Gasteiger partial charge is 0.493 e. The Morgan fingerprint density at radius 3 is 2.64 bits per heavy atom. The summed E-state index contributed by atoms with van der Waals surface area (Å²) in [4.78, 5) is 18.8. The van der Waals surface area contributed by atoms with Crippen LogP contribution in [0.4, 0.5) is 5.69 Å². The minimum atomic E-state index is -0.530. The van der Waals surface area contributed by atoms with Crippen LogP contribution in [0.5, 0.6) is 11.5 Å². The summed E-state index contributed by atoms with van der Waals surface area (Å²) in [5.41, 5.74) is 3.88. The highest BCUT2D eigenvalue weighted by Gasteiger charge is 2.22. The predicted octanol–water partition coefficient (Wildman–Crippen LogP) is 5.43. The number of imidazole rings is 1. The number of methoxy groups -OCH3 is 1. The van der Waals surface area contributed by atoms with Gasteiger partial charge in [-0.25, -0.2) is 4.98 Å². The van der Waals surface area contributed by atoms with Gasteiger partial charge in [0.2, 0.25) is 5.75 Å². The number of hydrogen-bond acceptors (Lipinski definition) is 6. The first-order valence-corrected chi connectivity index (χ1v) is 10.1. The summed E-state index contributed by atoms with van der Waals surface area (Å²) >= 11 is 0. The normalized spacial score (nSPS) is 11.2. The van der Waals surface area contributed by atoms with Gasteiger partial charge in [-0.1, -0.05) is 42.0 Å². The first kappa shape index (κ1) is 21.6. The van der Waals surface area contributed by atoms with Crippen LogP contribution in [0.15, 0.2) is 60.7 Å². The third-order valence-corrected chi connectivity index (χ3v) is 5.05. The number of rotatable bonds is 7. The van der Waals surface area contributed by atoms with Crippen molar-refractivity contribution in [1.82, 2.24) is 9.97 Å². The molecule has 164 valence electrons. The molecule has 0 saturated carbocycles. The number of nitrogens with one attached hydrogen (secondary N) is 1. The number of fused-ring (bicyclic) bond motifs is 1. The highest BCUT2D eigenvalue weighted by atomic mass is 16.6. The van der Waals surface area contributed by atoms with Gasteiger partial charge in [-0.05, 0) is 42.3 Å². The third kappa shape index (κ3) is 4.67. The average molecular weight is 440 g/mol. The molecule has 8 heteroatoms. The number of hydrogen-bond donors (Lipinski definition) is 1. The summed E-state index contributed by atoms with van der Waals surface area (Å²) < 4.78 is 11.2. The van der Waals surface area contributed by atoms with Gasteiger partial charge < -0.3 is 14.5 Å². The summed E-state index contributed by atoms with van der Waals surface area (Å²) in [7, 11) is 1.41. The van der Waals surface area contributed by atoms with E-state index in [-0.39, 0.29) is 29.4 Å². The van der Waals surface area contributed by atoms with Crippen LogP contribution in [-0.2, 0) is 6.61 Å². The summed E-state index contributed by atoms with van der Waals surface area (Å²) in [5.74, 6) is 0.604. The van der Waals surface area contributed by atoms with Crippen molar-refractivity contribution in [3.8, 4) is 17.6 Å². The minimum absolute atomic E-state index is 0.0301. The number of aromatic nitrogens is 2. The summed E-state index contributed by atoms with van der Waals surface area (Å²) in [6.45, 7) is 2.13. The molecule has 0 aliphatic heterocycles. The molecule has 4 aromatic rings. The number of nitriles is 1. The van der Waals surface area contributed by atoms with Gasteiger partial charge in [0.05, 0.1) is 28.6 Å². The Balaban J connectivity index is 1.71. The lowest BCUT2D eigenvalue weighted by Crippen LogP contribution is -2.02. The number of aromatic amines is 1. The van der Waals surface area contributed by atoms with Gasteiger partial charge in [0, 0.05) is 6.07 Å². The zero-order valence-electron chi connectivity index (χ0n) is 18.0. The molecule has 1 heterocycles. The molecule has 1 N–H and O–H groups in total. The van der Waals surface area contributed by atoms with Crippen molar-refractivity contribution in [1.29, 1.82) is 5.26 Å². The Morgan fingerprint density at radius 2 is 1.97 bits per heavy atom. The third-order valence-electron chi connectivity index (χ3n) is 5.05. The Hall–Kier alpha value is -4.64. The number of nitro benzene ring substituents is 1. The zero-order chi connectivity index (χ0) is 23.4. The van der Waals surface area contributed by atoms with Crippen LogP contribution in [0.2, 0.25) is 0 Å². The quantitative estimate of drug-likeness (QED) is 0.233. The smallest absolute Gasteiger partial charge is 0.315 e. The fraction of sp³-hybridized carbons (Fsp3) is 0.120. The molecule has 3 aromatic carbocycles. The number of nitro groups is 1. The van der Waals surface area contributed by atoms with Crippen LogP contribution in [0, 0.1) is 28.4 Å². The molecule has 0 atom stereocenters. The van der Waals surface area contributed by atoms with Crippen LogP contribution in [0.1, 0.15) is 22.5 Å². The number of ether oxygens (including phenoxy) is 2. The molecule has 0 saturated heterocycles. The maximum absolute atomic E-state index is 11.8. The lowest BCUT2D eigenvalue weighted by atomic mass is 10.1. The van der Waals surface area contributed by atoms with E-state index in [2.05, 4.69) is 16.0 Å². The van der Waals surface area contributed by atoms with Crippen molar-refractivity contribution in [3.63, 3.8) is 0 Å². The van der Waals surface area contributed by atoms with E-state index in [0.29, 0.717) is 11.4 Å². The summed E-state index contributed by atoms with van der Waals surface area (Å²) in [6.07, 6.45) is 1.52. The summed E-state index contributed by atoms with van der Waals surface area (Å²) in [6, 6.07) is 20.1. The maximum Gasteiger partial charge on any atom is 0.315 e. The van der Waals surface area contributed by atoms with Crippen LogP contribution in [-0.4, -0.2) is 22.0 Å². The van der Waals surface area contributed by atoms with E-state index in [0.717, 1.165) is 22.2 Å². The Bertz CT molecular complexity index is 1370. The van der Waals surface area contributed by atoms with Gasteiger partial charge in [0.15, 0.2) is 5.75 Å². The van der Waals surface area contributed by atoms with Gasteiger partial charge in [-0.2, -0.15) is 5.26 Å². The Kier molecular flexibility index (Phi) is 6.04. The molecule has 0 bridgehead atoms. The Labute approximate surface area is 189 Å². The van der Waals surface area contributed by atoms with Gasteiger partial charge in [-0.15, -0.1) is 0 Å². The molecule has 0 fully saturated rings. The van der Waals surface area contributed by atoms with Crippen LogP contribution in [0.25, 0.3) is 22.7 Å². The number of aryl methyl sites for hydroxylation is 1. The lowest BCUT2D eigenvalue weighted by Gasteiger charge is -2.12.